The standard InChI is InChI=1S/C25H35ClN4O2/c1-6-30(21-7-9-29(10-8-21)16(2)3)22-13-19(12-20(26)14-22)24(31)27-15-23-17(4)11-18(5)28-25(23)32/h11-14,16,21H,6-10,15H2,1-5H3,(H,27,31)(H,28,32). The minimum atomic E-state index is -0.237. The Kier molecular flexibility index (Phi) is 8.01. The molecule has 32 heavy (non-hydrogen) atoms. The number of rotatable bonds is 7. The maximum absolute atomic E-state index is 12.9. The molecule has 2 heterocycles. The molecule has 1 aromatic carbocycles. The summed E-state index contributed by atoms with van der Waals surface area (Å²) in [6.07, 6.45) is 2.19. The van der Waals surface area contributed by atoms with Crippen molar-refractivity contribution in [2.75, 3.05) is 24.5 Å². The van der Waals surface area contributed by atoms with E-state index in [-0.39, 0.29) is 18.0 Å². The summed E-state index contributed by atoms with van der Waals surface area (Å²) >= 11 is 6.41. The quantitative estimate of drug-likeness (QED) is 0.650. The van der Waals surface area contributed by atoms with E-state index in [1.165, 1.54) is 0 Å². The molecule has 1 aliphatic heterocycles. The highest BCUT2D eigenvalue weighted by Gasteiger charge is 2.26. The summed E-state index contributed by atoms with van der Waals surface area (Å²) in [5.74, 6) is -0.237. The molecule has 2 aromatic rings. The topological polar surface area (TPSA) is 68.4 Å². The monoisotopic (exact) mass is 458 g/mol. The molecule has 1 saturated heterocycles. The van der Waals surface area contributed by atoms with Gasteiger partial charge in [0.25, 0.3) is 11.5 Å². The van der Waals surface area contributed by atoms with Crippen LogP contribution in [-0.4, -0.2) is 47.5 Å². The average Bonchev–Trinajstić information content (AvgIpc) is 2.73. The number of aryl methyl sites for hydroxylation is 2. The fourth-order valence-electron chi connectivity index (χ4n) is 4.61. The van der Waals surface area contributed by atoms with Gasteiger partial charge in [-0.15, -0.1) is 0 Å². The Morgan fingerprint density at radius 2 is 1.91 bits per heavy atom. The van der Waals surface area contributed by atoms with Crippen LogP contribution in [0.25, 0.3) is 0 Å². The van der Waals surface area contributed by atoms with Crippen molar-refractivity contribution >= 4 is 23.2 Å². The molecular weight excluding hydrogens is 424 g/mol. The van der Waals surface area contributed by atoms with Gasteiger partial charge in [-0.05, 0) is 77.3 Å². The molecule has 0 saturated carbocycles. The summed E-state index contributed by atoms with van der Waals surface area (Å²) in [5.41, 5.74) is 3.55. The van der Waals surface area contributed by atoms with Gasteiger partial charge in [0, 0.05) is 65.8 Å². The van der Waals surface area contributed by atoms with Crippen LogP contribution in [0.15, 0.2) is 29.1 Å². The van der Waals surface area contributed by atoms with Gasteiger partial charge < -0.3 is 20.1 Å². The van der Waals surface area contributed by atoms with Gasteiger partial charge >= 0.3 is 0 Å². The number of aromatic nitrogens is 1. The molecule has 0 bridgehead atoms. The van der Waals surface area contributed by atoms with Crippen LogP contribution in [0.3, 0.4) is 0 Å². The molecule has 1 amide bonds. The van der Waals surface area contributed by atoms with E-state index >= 15 is 0 Å². The number of carbonyl (C=O) groups is 1. The number of nitrogens with one attached hydrogen (secondary N) is 2. The number of aromatic amines is 1. The van der Waals surface area contributed by atoms with E-state index in [4.69, 9.17) is 11.6 Å². The summed E-state index contributed by atoms with van der Waals surface area (Å²) in [6, 6.07) is 8.43. The van der Waals surface area contributed by atoms with Crippen molar-refractivity contribution in [2.24, 2.45) is 0 Å². The van der Waals surface area contributed by atoms with E-state index in [1.807, 2.05) is 32.0 Å². The Hall–Kier alpha value is -2.31. The SMILES string of the molecule is CCN(c1cc(Cl)cc(C(=O)NCc2c(C)cc(C)[nH]c2=O)c1)C1CCN(C(C)C)CC1. The van der Waals surface area contributed by atoms with Crippen LogP contribution >= 0.6 is 11.6 Å². The van der Waals surface area contributed by atoms with Gasteiger partial charge in [0.15, 0.2) is 0 Å². The fraction of sp³-hybridized carbons (Fsp3) is 0.520. The van der Waals surface area contributed by atoms with Crippen LogP contribution in [0.4, 0.5) is 5.69 Å². The fourth-order valence-corrected chi connectivity index (χ4v) is 4.84. The minimum Gasteiger partial charge on any atom is -0.369 e. The predicted molar refractivity (Wildman–Crippen MR) is 132 cm³/mol. The van der Waals surface area contributed by atoms with Crippen molar-refractivity contribution in [2.45, 2.75) is 66.1 Å². The zero-order valence-corrected chi connectivity index (χ0v) is 20.6. The van der Waals surface area contributed by atoms with Crippen molar-refractivity contribution in [1.29, 1.82) is 0 Å². The number of piperidine rings is 1. The lowest BCUT2D eigenvalue weighted by Gasteiger charge is -2.41. The maximum atomic E-state index is 12.9. The Labute approximate surface area is 196 Å². The van der Waals surface area contributed by atoms with Crippen molar-refractivity contribution in [3.05, 3.63) is 62.0 Å². The number of anilines is 1. The molecule has 1 aliphatic rings. The Balaban J connectivity index is 1.74. The molecule has 2 N–H and O–H groups in total. The van der Waals surface area contributed by atoms with Crippen LogP contribution in [0.5, 0.6) is 0 Å². The van der Waals surface area contributed by atoms with Crippen molar-refractivity contribution in [1.82, 2.24) is 15.2 Å². The molecule has 0 unspecified atom stereocenters. The molecule has 0 atom stereocenters. The Morgan fingerprint density at radius 3 is 2.50 bits per heavy atom. The molecule has 1 aromatic heterocycles. The second-order valence-electron chi connectivity index (χ2n) is 8.97. The van der Waals surface area contributed by atoms with Crippen molar-refractivity contribution in [3.8, 4) is 0 Å². The molecule has 6 nitrogen and oxygen atoms in total. The smallest absolute Gasteiger partial charge is 0.253 e. The number of hydrogen-bond acceptors (Lipinski definition) is 4. The van der Waals surface area contributed by atoms with Gasteiger partial charge in [0.2, 0.25) is 0 Å². The molecule has 1 fully saturated rings. The number of pyridine rings is 1. The molecule has 0 radical (unpaired) electrons. The summed E-state index contributed by atoms with van der Waals surface area (Å²) < 4.78 is 0. The minimum absolute atomic E-state index is 0.167. The van der Waals surface area contributed by atoms with Gasteiger partial charge in [-0.2, -0.15) is 0 Å². The predicted octanol–water partition coefficient (Wildman–Crippen LogP) is 4.27. The van der Waals surface area contributed by atoms with Gasteiger partial charge in [-0.3, -0.25) is 9.59 Å². The largest absolute Gasteiger partial charge is 0.369 e. The third-order valence-electron chi connectivity index (χ3n) is 6.41. The van der Waals surface area contributed by atoms with E-state index in [9.17, 15) is 9.59 Å². The molecule has 174 valence electrons. The highest BCUT2D eigenvalue weighted by atomic mass is 35.5. The number of carbonyl (C=O) groups excluding carboxylic acids is 1. The zero-order valence-electron chi connectivity index (χ0n) is 19.8. The number of hydrogen-bond donors (Lipinski definition) is 2. The van der Waals surface area contributed by atoms with E-state index < -0.39 is 0 Å². The Morgan fingerprint density at radius 1 is 1.22 bits per heavy atom. The molecule has 0 spiro atoms. The average molecular weight is 459 g/mol. The first-order valence-electron chi connectivity index (χ1n) is 11.5. The van der Waals surface area contributed by atoms with E-state index in [2.05, 4.69) is 40.9 Å². The maximum Gasteiger partial charge on any atom is 0.253 e. The normalized spacial score (nSPS) is 15.2. The lowest BCUT2D eigenvalue weighted by atomic mass is 10.0. The number of halogens is 1. The molecule has 7 heteroatoms. The van der Waals surface area contributed by atoms with Gasteiger partial charge in [0.05, 0.1) is 0 Å². The first-order chi connectivity index (χ1) is 15.2. The highest BCUT2D eigenvalue weighted by Crippen LogP contribution is 2.28. The van der Waals surface area contributed by atoms with E-state index in [1.54, 1.807) is 6.07 Å². The summed E-state index contributed by atoms with van der Waals surface area (Å²) in [7, 11) is 0. The Bertz CT molecular complexity index is 1010. The van der Waals surface area contributed by atoms with Gasteiger partial charge in [-0.25, -0.2) is 0 Å². The summed E-state index contributed by atoms with van der Waals surface area (Å²) in [4.78, 5) is 32.8. The number of likely N-dealkylation sites (tertiary alicyclic amines) is 1. The highest BCUT2D eigenvalue weighted by molar-refractivity contribution is 6.31. The zero-order chi connectivity index (χ0) is 23.4. The third kappa shape index (κ3) is 5.73. The summed E-state index contributed by atoms with van der Waals surface area (Å²) in [6.45, 7) is 13.5. The van der Waals surface area contributed by atoms with E-state index in [0.29, 0.717) is 28.2 Å². The first kappa shape index (κ1) is 24.3. The van der Waals surface area contributed by atoms with Crippen molar-refractivity contribution in [3.63, 3.8) is 0 Å². The first-order valence-corrected chi connectivity index (χ1v) is 11.9. The van der Waals surface area contributed by atoms with Gasteiger partial charge in [0.1, 0.15) is 0 Å². The second-order valence-corrected chi connectivity index (χ2v) is 9.41. The van der Waals surface area contributed by atoms with Crippen LogP contribution in [0.1, 0.15) is 60.8 Å². The second kappa shape index (κ2) is 10.5. The van der Waals surface area contributed by atoms with Crippen LogP contribution in [0.2, 0.25) is 5.02 Å². The number of benzene rings is 1. The van der Waals surface area contributed by atoms with Crippen molar-refractivity contribution < 1.29 is 4.79 Å². The lowest BCUT2D eigenvalue weighted by molar-refractivity contribution is 0.0950. The number of H-pyrrole nitrogens is 1. The number of amides is 1. The number of nitrogens with zero attached hydrogens (tertiary/aromatic N) is 2. The molecular formula is C25H35ClN4O2. The molecule has 0 aliphatic carbocycles. The lowest BCUT2D eigenvalue weighted by Crippen LogP contribution is -2.47. The van der Waals surface area contributed by atoms with Gasteiger partial charge in [-0.1, -0.05) is 11.6 Å². The van der Waals surface area contributed by atoms with Crippen LogP contribution < -0.4 is 15.8 Å². The van der Waals surface area contributed by atoms with E-state index in [0.717, 1.165) is 49.4 Å². The third-order valence-corrected chi connectivity index (χ3v) is 6.62. The van der Waals surface area contributed by atoms with Crippen LogP contribution in [0, 0.1) is 13.8 Å². The molecule has 3 rings (SSSR count). The summed E-state index contributed by atoms with van der Waals surface area (Å²) in [5, 5.41) is 3.42. The van der Waals surface area contributed by atoms with Crippen LogP contribution in [-0.2, 0) is 6.54 Å².